The highest BCUT2D eigenvalue weighted by atomic mass is 16.5. The summed E-state index contributed by atoms with van der Waals surface area (Å²) < 4.78 is 5.42. The van der Waals surface area contributed by atoms with Gasteiger partial charge in [0.2, 0.25) is 0 Å². The number of carbonyl (C=O) groups is 1. The maximum atomic E-state index is 14.7. The summed E-state index contributed by atoms with van der Waals surface area (Å²) in [5.74, 6) is 0.646. The van der Waals surface area contributed by atoms with Gasteiger partial charge in [-0.3, -0.25) is 9.69 Å². The Morgan fingerprint density at radius 3 is 2.12 bits per heavy atom. The summed E-state index contributed by atoms with van der Waals surface area (Å²) in [7, 11) is 1.59. The van der Waals surface area contributed by atoms with Gasteiger partial charge in [0, 0.05) is 17.2 Å². The van der Waals surface area contributed by atoms with Crippen LogP contribution in [0.5, 0.6) is 17.2 Å². The lowest BCUT2D eigenvalue weighted by molar-refractivity contribution is -0.120. The molecule has 1 aliphatic rings. The number of ether oxygens (including phenoxy) is 1. The Bertz CT molecular complexity index is 1400. The first-order chi connectivity index (χ1) is 16.4. The second kappa shape index (κ2) is 7.96. The van der Waals surface area contributed by atoms with E-state index in [1.807, 2.05) is 80.6 Å². The summed E-state index contributed by atoms with van der Waals surface area (Å²) in [6, 6.07) is 25.6. The molecule has 0 saturated carbocycles. The summed E-state index contributed by atoms with van der Waals surface area (Å²) in [6.07, 6.45) is 0. The van der Waals surface area contributed by atoms with Crippen molar-refractivity contribution in [2.24, 2.45) is 0 Å². The summed E-state index contributed by atoms with van der Waals surface area (Å²) >= 11 is 0. The van der Waals surface area contributed by atoms with Gasteiger partial charge >= 0.3 is 0 Å². The Labute approximate surface area is 198 Å². The quantitative estimate of drug-likeness (QED) is 0.415. The van der Waals surface area contributed by atoms with Gasteiger partial charge in [0.15, 0.2) is 0 Å². The number of nitrogens with zero attached hydrogens (tertiary/aromatic N) is 1. The van der Waals surface area contributed by atoms with Crippen molar-refractivity contribution in [2.45, 2.75) is 19.3 Å². The molecule has 5 heteroatoms. The number of methoxy groups -OCH3 is 1. The standard InChI is InChI=1S/C29H25NO4/c1-18-15-20(16-19(2)27(18)32)29(24-12-5-7-14-26(24)31)23-11-4-6-13-25(23)30(28(29)33)21-9-8-10-22(17-21)34-3/h4-17,31-32H,1-3H3. The third-order valence-corrected chi connectivity index (χ3v) is 6.62. The molecule has 1 amide bonds. The number of phenols is 2. The Balaban J connectivity index is 1.89. The molecule has 0 saturated heterocycles. The smallest absolute Gasteiger partial charge is 0.251 e. The van der Waals surface area contributed by atoms with Crippen LogP contribution in [0.25, 0.3) is 0 Å². The maximum Gasteiger partial charge on any atom is 0.251 e. The van der Waals surface area contributed by atoms with Crippen molar-refractivity contribution in [3.8, 4) is 17.2 Å². The Morgan fingerprint density at radius 2 is 1.44 bits per heavy atom. The van der Waals surface area contributed by atoms with E-state index in [0.29, 0.717) is 33.7 Å². The van der Waals surface area contributed by atoms with Crippen molar-refractivity contribution in [1.29, 1.82) is 0 Å². The van der Waals surface area contributed by atoms with Crippen molar-refractivity contribution in [2.75, 3.05) is 12.0 Å². The Kier molecular flexibility index (Phi) is 5.05. The summed E-state index contributed by atoms with van der Waals surface area (Å²) in [6.45, 7) is 3.63. The second-order valence-corrected chi connectivity index (χ2v) is 8.58. The van der Waals surface area contributed by atoms with E-state index in [0.717, 1.165) is 11.3 Å². The van der Waals surface area contributed by atoms with Crippen LogP contribution in [0.3, 0.4) is 0 Å². The molecule has 170 valence electrons. The van der Waals surface area contributed by atoms with Crippen LogP contribution >= 0.6 is 0 Å². The minimum atomic E-state index is -1.31. The predicted octanol–water partition coefficient (Wildman–Crippen LogP) is 5.74. The van der Waals surface area contributed by atoms with Gasteiger partial charge in [-0.2, -0.15) is 0 Å². The molecule has 0 fully saturated rings. The first-order valence-corrected chi connectivity index (χ1v) is 11.1. The van der Waals surface area contributed by atoms with Crippen molar-refractivity contribution < 1.29 is 19.7 Å². The normalized spacial score (nSPS) is 17.0. The molecule has 0 radical (unpaired) electrons. The van der Waals surface area contributed by atoms with Gasteiger partial charge in [0.05, 0.1) is 18.5 Å². The number of para-hydroxylation sites is 2. The van der Waals surface area contributed by atoms with Crippen LogP contribution in [0.2, 0.25) is 0 Å². The zero-order valence-corrected chi connectivity index (χ0v) is 19.2. The van der Waals surface area contributed by atoms with Crippen LogP contribution in [-0.4, -0.2) is 23.2 Å². The average Bonchev–Trinajstić information content (AvgIpc) is 3.11. The fourth-order valence-electron chi connectivity index (χ4n) is 5.04. The number of fused-ring (bicyclic) bond motifs is 1. The van der Waals surface area contributed by atoms with Gasteiger partial charge in [-0.25, -0.2) is 0 Å². The number of aromatic hydroxyl groups is 2. The third kappa shape index (κ3) is 2.97. The molecule has 1 aliphatic heterocycles. The molecule has 34 heavy (non-hydrogen) atoms. The number of hydrogen-bond acceptors (Lipinski definition) is 4. The van der Waals surface area contributed by atoms with E-state index in [9.17, 15) is 15.0 Å². The largest absolute Gasteiger partial charge is 0.508 e. The van der Waals surface area contributed by atoms with Gasteiger partial charge in [0.25, 0.3) is 5.91 Å². The Hall–Kier alpha value is -4.25. The van der Waals surface area contributed by atoms with Crippen LogP contribution in [-0.2, 0) is 10.2 Å². The van der Waals surface area contributed by atoms with Gasteiger partial charge in [0.1, 0.15) is 22.7 Å². The SMILES string of the molecule is COc1cccc(N2C(=O)C(c3cc(C)c(O)c(C)c3)(c3ccccc3O)c3ccccc32)c1. The van der Waals surface area contributed by atoms with E-state index in [2.05, 4.69) is 0 Å². The van der Waals surface area contributed by atoms with Crippen molar-refractivity contribution in [3.05, 3.63) is 113 Å². The highest BCUT2D eigenvalue weighted by molar-refractivity contribution is 6.17. The number of anilines is 2. The lowest BCUT2D eigenvalue weighted by Gasteiger charge is -2.31. The molecule has 5 rings (SSSR count). The molecule has 1 unspecified atom stereocenters. The van der Waals surface area contributed by atoms with Gasteiger partial charge in [-0.05, 0) is 54.8 Å². The molecule has 0 aromatic heterocycles. The predicted molar refractivity (Wildman–Crippen MR) is 132 cm³/mol. The number of phenolic OH excluding ortho intramolecular Hbond substituents is 2. The molecular formula is C29H25NO4. The molecular weight excluding hydrogens is 426 g/mol. The summed E-state index contributed by atoms with van der Waals surface area (Å²) in [5, 5.41) is 21.5. The van der Waals surface area contributed by atoms with E-state index in [4.69, 9.17) is 4.74 Å². The van der Waals surface area contributed by atoms with E-state index in [-0.39, 0.29) is 17.4 Å². The fraction of sp³-hybridized carbons (Fsp3) is 0.138. The van der Waals surface area contributed by atoms with Crippen LogP contribution in [0, 0.1) is 13.8 Å². The zero-order chi connectivity index (χ0) is 24.0. The molecule has 1 heterocycles. The number of aryl methyl sites for hydroxylation is 2. The van der Waals surface area contributed by atoms with Crippen LogP contribution in [0.15, 0.2) is 84.9 Å². The highest BCUT2D eigenvalue weighted by Crippen LogP contribution is 2.55. The zero-order valence-electron chi connectivity index (χ0n) is 19.2. The summed E-state index contributed by atoms with van der Waals surface area (Å²) in [5.41, 5.74) is 3.34. The number of benzene rings is 4. The van der Waals surface area contributed by atoms with Crippen molar-refractivity contribution >= 4 is 17.3 Å². The van der Waals surface area contributed by atoms with E-state index >= 15 is 0 Å². The first kappa shape index (κ1) is 21.6. The fourth-order valence-corrected chi connectivity index (χ4v) is 5.04. The summed E-state index contributed by atoms with van der Waals surface area (Å²) in [4.78, 5) is 16.3. The monoisotopic (exact) mass is 451 g/mol. The van der Waals surface area contributed by atoms with Crippen molar-refractivity contribution in [3.63, 3.8) is 0 Å². The lowest BCUT2D eigenvalue weighted by atomic mass is 9.69. The molecule has 5 nitrogen and oxygen atoms in total. The van der Waals surface area contributed by atoms with Gasteiger partial charge < -0.3 is 14.9 Å². The van der Waals surface area contributed by atoms with E-state index < -0.39 is 5.41 Å². The molecule has 2 N–H and O–H groups in total. The van der Waals surface area contributed by atoms with Crippen LogP contribution in [0.1, 0.15) is 27.8 Å². The minimum Gasteiger partial charge on any atom is -0.508 e. The van der Waals surface area contributed by atoms with Gasteiger partial charge in [-0.1, -0.05) is 54.6 Å². The van der Waals surface area contributed by atoms with E-state index in [1.165, 1.54) is 0 Å². The van der Waals surface area contributed by atoms with Gasteiger partial charge in [-0.15, -0.1) is 0 Å². The Morgan fingerprint density at radius 1 is 0.794 bits per heavy atom. The average molecular weight is 452 g/mol. The van der Waals surface area contributed by atoms with Crippen LogP contribution in [0.4, 0.5) is 11.4 Å². The van der Waals surface area contributed by atoms with E-state index in [1.54, 1.807) is 30.2 Å². The molecule has 4 aromatic carbocycles. The number of hydrogen-bond donors (Lipinski definition) is 2. The first-order valence-electron chi connectivity index (χ1n) is 11.1. The van der Waals surface area contributed by atoms with Crippen molar-refractivity contribution in [1.82, 2.24) is 0 Å². The number of carbonyl (C=O) groups excluding carboxylic acids is 1. The molecule has 4 aromatic rings. The molecule has 0 spiro atoms. The molecule has 1 atom stereocenters. The number of amides is 1. The van der Waals surface area contributed by atoms with Crippen LogP contribution < -0.4 is 9.64 Å². The minimum absolute atomic E-state index is 0.0292. The lowest BCUT2D eigenvalue weighted by Crippen LogP contribution is -2.40. The third-order valence-electron chi connectivity index (χ3n) is 6.62. The number of rotatable bonds is 4. The molecule has 0 bridgehead atoms. The molecule has 0 aliphatic carbocycles. The second-order valence-electron chi connectivity index (χ2n) is 8.58. The highest BCUT2D eigenvalue weighted by Gasteiger charge is 2.55. The topological polar surface area (TPSA) is 70.0 Å². The maximum absolute atomic E-state index is 14.7.